The Balaban J connectivity index is -0.000000405. The van der Waals surface area contributed by atoms with Crippen LogP contribution < -0.4 is 10.6 Å². The Morgan fingerprint density at radius 3 is 2.50 bits per heavy atom. The molecule has 0 aromatic heterocycles. The van der Waals surface area contributed by atoms with Crippen molar-refractivity contribution in [3.63, 3.8) is 0 Å². The lowest BCUT2D eigenvalue weighted by atomic mass is 10.3. The molecule has 0 radical (unpaired) electrons. The maximum Gasteiger partial charge on any atom is 0.00103 e. The van der Waals surface area contributed by atoms with Crippen LogP contribution in [-0.4, -0.2) is 25.7 Å². The molecule has 0 rings (SSSR count). The van der Waals surface area contributed by atoms with Gasteiger partial charge in [0.2, 0.25) is 0 Å². The van der Waals surface area contributed by atoms with Crippen molar-refractivity contribution >= 4 is 0 Å². The molecule has 0 bridgehead atoms. The van der Waals surface area contributed by atoms with E-state index in [1.165, 1.54) is 6.42 Å². The third kappa shape index (κ3) is 7.92. The van der Waals surface area contributed by atoms with E-state index in [0.717, 1.165) is 19.6 Å². The fourth-order valence-corrected chi connectivity index (χ4v) is 0.781. The predicted molar refractivity (Wildman–Crippen MR) is 50.5 cm³/mol. The molecule has 0 amide bonds. The van der Waals surface area contributed by atoms with Crippen molar-refractivity contribution in [2.75, 3.05) is 19.6 Å². The molecule has 0 aromatic rings. The molecule has 2 N–H and O–H groups in total. The van der Waals surface area contributed by atoms with E-state index >= 15 is 0 Å². The largest absolute Gasteiger partial charge is 0.317 e. The minimum atomic E-state index is 0. The second kappa shape index (κ2) is 7.03. The van der Waals surface area contributed by atoms with E-state index in [1.807, 2.05) is 0 Å². The fraction of sp³-hybridized carbons (Fsp3) is 1.00. The smallest absolute Gasteiger partial charge is 0.00103 e. The summed E-state index contributed by atoms with van der Waals surface area (Å²) in [5.41, 5.74) is 0. The topological polar surface area (TPSA) is 24.1 Å². The molecule has 0 aliphatic heterocycles. The lowest BCUT2D eigenvalue weighted by Crippen LogP contribution is -2.26. The molecule has 0 spiro atoms. The van der Waals surface area contributed by atoms with E-state index in [9.17, 15) is 0 Å². The molecule has 0 unspecified atom stereocenters. The average Bonchev–Trinajstić information content (AvgIpc) is 1.87. The Bertz CT molecular complexity index is 70.1. The first kappa shape index (κ1) is 9.92. The van der Waals surface area contributed by atoms with E-state index in [4.69, 9.17) is 0 Å². The molecule has 0 saturated heterocycles. The van der Waals surface area contributed by atoms with E-state index in [2.05, 4.69) is 31.4 Å². The molecule has 2 heteroatoms. The predicted octanol–water partition coefficient (Wildman–Crippen LogP) is 1.48. The molecule has 0 aliphatic carbocycles. The maximum atomic E-state index is 3.36. The minimum Gasteiger partial charge on any atom is -0.317 e. The summed E-state index contributed by atoms with van der Waals surface area (Å²) < 4.78 is 0. The Hall–Kier alpha value is -0.0800. The number of hydrogen-bond donors (Lipinski definition) is 2. The molecule has 10 heavy (non-hydrogen) atoms. The highest BCUT2D eigenvalue weighted by atomic mass is 14.9. The van der Waals surface area contributed by atoms with Crippen molar-refractivity contribution in [3.05, 3.63) is 0 Å². The van der Waals surface area contributed by atoms with Gasteiger partial charge in [0, 0.05) is 8.90 Å². The maximum absolute atomic E-state index is 3.36. The fourth-order valence-electron chi connectivity index (χ4n) is 0.781. The summed E-state index contributed by atoms with van der Waals surface area (Å²) in [5.74, 6) is 0. The van der Waals surface area contributed by atoms with Gasteiger partial charge in [-0.3, -0.25) is 0 Å². The molecule has 0 fully saturated rings. The van der Waals surface area contributed by atoms with Crippen LogP contribution in [0.5, 0.6) is 0 Å². The molecule has 2 nitrogen and oxygen atoms in total. The van der Waals surface area contributed by atoms with Crippen LogP contribution in [0.1, 0.15) is 30.0 Å². The van der Waals surface area contributed by atoms with Crippen LogP contribution in [0.15, 0.2) is 0 Å². The number of rotatable bonds is 6. The van der Waals surface area contributed by atoms with Gasteiger partial charge in [-0.1, -0.05) is 20.8 Å². The van der Waals surface area contributed by atoms with E-state index in [-0.39, 0.29) is 2.85 Å². The minimum absolute atomic E-state index is 0. The molecule has 0 aromatic carbocycles. The molecule has 0 heterocycles. The van der Waals surface area contributed by atoms with Gasteiger partial charge in [-0.25, -0.2) is 0 Å². The second-order valence-corrected chi connectivity index (χ2v) is 2.82. The lowest BCUT2D eigenvalue weighted by molar-refractivity contribution is 0.553. The second-order valence-electron chi connectivity index (χ2n) is 2.82. The van der Waals surface area contributed by atoms with Crippen molar-refractivity contribution in [3.8, 4) is 0 Å². The van der Waals surface area contributed by atoms with Gasteiger partial charge >= 0.3 is 0 Å². The van der Waals surface area contributed by atoms with Crippen molar-refractivity contribution in [1.29, 1.82) is 0 Å². The van der Waals surface area contributed by atoms with Crippen LogP contribution >= 0.6 is 0 Å². The first-order valence-electron chi connectivity index (χ1n) is 4.21. The van der Waals surface area contributed by atoms with Crippen molar-refractivity contribution in [2.45, 2.75) is 33.2 Å². The SMILES string of the molecule is CCNCCCNC(C)C.[HH].[HH]. The zero-order chi connectivity index (χ0) is 7.82. The molecular formula is C8H24N2. The summed E-state index contributed by atoms with van der Waals surface area (Å²) in [7, 11) is 0. The van der Waals surface area contributed by atoms with Crippen LogP contribution in [0.3, 0.4) is 0 Å². The van der Waals surface area contributed by atoms with Gasteiger partial charge in [0.25, 0.3) is 0 Å². The number of nitrogens with one attached hydrogen (secondary N) is 2. The average molecular weight is 148 g/mol. The highest BCUT2D eigenvalue weighted by Gasteiger charge is 1.89. The molecule has 0 atom stereocenters. The molecule has 0 saturated carbocycles. The van der Waals surface area contributed by atoms with Crippen LogP contribution in [0, 0.1) is 0 Å². The Labute approximate surface area is 67.4 Å². The monoisotopic (exact) mass is 148 g/mol. The van der Waals surface area contributed by atoms with Gasteiger partial charge in [0.1, 0.15) is 0 Å². The normalized spacial score (nSPS) is 10.8. The van der Waals surface area contributed by atoms with E-state index < -0.39 is 0 Å². The third-order valence-corrected chi connectivity index (χ3v) is 1.33. The van der Waals surface area contributed by atoms with Crippen LogP contribution in [-0.2, 0) is 0 Å². The van der Waals surface area contributed by atoms with Crippen molar-refractivity contribution in [2.24, 2.45) is 0 Å². The highest BCUT2D eigenvalue weighted by molar-refractivity contribution is 4.53. The lowest BCUT2D eigenvalue weighted by Gasteiger charge is -2.07. The van der Waals surface area contributed by atoms with Gasteiger partial charge in [0.15, 0.2) is 0 Å². The first-order chi connectivity index (χ1) is 4.77. The highest BCUT2D eigenvalue weighted by Crippen LogP contribution is 1.78. The van der Waals surface area contributed by atoms with Gasteiger partial charge in [-0.2, -0.15) is 0 Å². The Kier molecular flexibility index (Phi) is 6.98. The standard InChI is InChI=1S/C8H20N2.2H2/c1-4-9-6-5-7-10-8(2)3;;/h8-10H,4-7H2,1-3H3;2*1H. The molecular weight excluding hydrogens is 124 g/mol. The molecule has 0 aliphatic rings. The zero-order valence-electron chi connectivity index (χ0n) is 7.41. The van der Waals surface area contributed by atoms with Gasteiger partial charge in [0.05, 0.1) is 0 Å². The van der Waals surface area contributed by atoms with E-state index in [1.54, 1.807) is 0 Å². The Morgan fingerprint density at radius 1 is 1.30 bits per heavy atom. The van der Waals surface area contributed by atoms with Crippen molar-refractivity contribution in [1.82, 2.24) is 10.6 Å². The summed E-state index contributed by atoms with van der Waals surface area (Å²) in [5, 5.41) is 6.65. The third-order valence-electron chi connectivity index (χ3n) is 1.33. The quantitative estimate of drug-likeness (QED) is 0.557. The zero-order valence-corrected chi connectivity index (χ0v) is 7.41. The summed E-state index contributed by atoms with van der Waals surface area (Å²) >= 11 is 0. The summed E-state index contributed by atoms with van der Waals surface area (Å²) in [6.07, 6.45) is 1.23. The summed E-state index contributed by atoms with van der Waals surface area (Å²) in [6.45, 7) is 9.83. The molecule has 66 valence electrons. The summed E-state index contributed by atoms with van der Waals surface area (Å²) in [6, 6.07) is 0.627. The van der Waals surface area contributed by atoms with Crippen LogP contribution in [0.25, 0.3) is 0 Å². The van der Waals surface area contributed by atoms with Crippen LogP contribution in [0.4, 0.5) is 0 Å². The number of hydrogen-bond acceptors (Lipinski definition) is 2. The van der Waals surface area contributed by atoms with E-state index in [0.29, 0.717) is 6.04 Å². The Morgan fingerprint density at radius 2 is 2.00 bits per heavy atom. The first-order valence-corrected chi connectivity index (χ1v) is 4.21. The van der Waals surface area contributed by atoms with Gasteiger partial charge < -0.3 is 10.6 Å². The van der Waals surface area contributed by atoms with Crippen molar-refractivity contribution < 1.29 is 2.85 Å². The van der Waals surface area contributed by atoms with Gasteiger partial charge in [-0.05, 0) is 26.1 Å². The van der Waals surface area contributed by atoms with Crippen LogP contribution in [0.2, 0.25) is 0 Å². The summed E-state index contributed by atoms with van der Waals surface area (Å²) in [4.78, 5) is 0. The van der Waals surface area contributed by atoms with Gasteiger partial charge in [-0.15, -0.1) is 0 Å².